The normalized spacial score (nSPS) is 12.6. The van der Waals surface area contributed by atoms with E-state index in [0.29, 0.717) is 11.5 Å². The Morgan fingerprint density at radius 2 is 1.79 bits per heavy atom. The average molecular weight is 272 g/mol. The molecule has 0 atom stereocenters. The molecule has 3 nitrogen and oxygen atoms in total. The van der Waals surface area contributed by atoms with Crippen molar-refractivity contribution in [3.63, 3.8) is 0 Å². The molecule has 0 aliphatic heterocycles. The molecule has 1 N–H and O–H groups in total. The van der Waals surface area contributed by atoms with Crippen LogP contribution < -0.4 is 5.32 Å². The molecule has 0 aliphatic carbocycles. The predicted octanol–water partition coefficient (Wildman–Crippen LogP) is 3.15. The number of nitrogens with zero attached hydrogens (tertiary/aromatic N) is 1. The van der Waals surface area contributed by atoms with Gasteiger partial charge in [-0.2, -0.15) is 0 Å². The van der Waals surface area contributed by atoms with Crippen LogP contribution in [0.3, 0.4) is 0 Å². The van der Waals surface area contributed by atoms with Gasteiger partial charge in [0.15, 0.2) is 0 Å². The summed E-state index contributed by atoms with van der Waals surface area (Å²) >= 11 is 0. The molecule has 0 heterocycles. The van der Waals surface area contributed by atoms with Crippen LogP contribution in [-0.2, 0) is 4.74 Å². The van der Waals surface area contributed by atoms with E-state index in [9.17, 15) is 0 Å². The molecule has 0 spiro atoms. The fourth-order valence-electron chi connectivity index (χ4n) is 2.41. The molecule has 0 rings (SSSR count). The SMILES string of the molecule is CCCNCC(CC)(CC)CN(C)CCOC(C)C. The van der Waals surface area contributed by atoms with E-state index in [1.54, 1.807) is 0 Å². The van der Waals surface area contributed by atoms with Gasteiger partial charge in [-0.3, -0.25) is 0 Å². The van der Waals surface area contributed by atoms with Crippen molar-refractivity contribution in [1.82, 2.24) is 10.2 Å². The summed E-state index contributed by atoms with van der Waals surface area (Å²) in [5.41, 5.74) is 0.405. The summed E-state index contributed by atoms with van der Waals surface area (Å²) in [4.78, 5) is 2.42. The zero-order valence-electron chi connectivity index (χ0n) is 14.1. The highest BCUT2D eigenvalue weighted by molar-refractivity contribution is 4.82. The van der Waals surface area contributed by atoms with Crippen LogP contribution in [0.25, 0.3) is 0 Å². The molecule has 0 aliphatic rings. The lowest BCUT2D eigenvalue weighted by Gasteiger charge is -2.36. The van der Waals surface area contributed by atoms with Crippen LogP contribution in [0.1, 0.15) is 53.9 Å². The molecule has 0 amide bonds. The van der Waals surface area contributed by atoms with E-state index in [0.717, 1.165) is 32.8 Å². The van der Waals surface area contributed by atoms with Gasteiger partial charge in [0, 0.05) is 19.6 Å². The number of nitrogens with one attached hydrogen (secondary N) is 1. The highest BCUT2D eigenvalue weighted by Gasteiger charge is 2.27. The Bertz CT molecular complexity index is 203. The summed E-state index contributed by atoms with van der Waals surface area (Å²) in [6.45, 7) is 16.3. The minimum Gasteiger partial charge on any atom is -0.377 e. The van der Waals surface area contributed by atoms with Gasteiger partial charge in [0.05, 0.1) is 12.7 Å². The second-order valence-corrected chi connectivity index (χ2v) is 6.04. The molecule has 0 saturated carbocycles. The van der Waals surface area contributed by atoms with Crippen molar-refractivity contribution in [2.24, 2.45) is 5.41 Å². The highest BCUT2D eigenvalue weighted by atomic mass is 16.5. The molecular formula is C16H36N2O. The molecule has 0 radical (unpaired) electrons. The molecule has 0 fully saturated rings. The number of hydrogen-bond acceptors (Lipinski definition) is 3. The van der Waals surface area contributed by atoms with Gasteiger partial charge in [-0.25, -0.2) is 0 Å². The Kier molecular flexibility index (Phi) is 10.6. The Morgan fingerprint density at radius 3 is 2.26 bits per heavy atom. The maximum atomic E-state index is 5.64. The van der Waals surface area contributed by atoms with E-state index in [1.165, 1.54) is 19.3 Å². The van der Waals surface area contributed by atoms with E-state index in [2.05, 4.69) is 51.9 Å². The third-order valence-corrected chi connectivity index (χ3v) is 3.96. The van der Waals surface area contributed by atoms with Crippen molar-refractivity contribution >= 4 is 0 Å². The van der Waals surface area contributed by atoms with Crippen molar-refractivity contribution in [3.8, 4) is 0 Å². The summed E-state index contributed by atoms with van der Waals surface area (Å²) in [7, 11) is 2.21. The Balaban J connectivity index is 4.15. The summed E-state index contributed by atoms with van der Waals surface area (Å²) in [5.74, 6) is 0. The first kappa shape index (κ1) is 18.9. The van der Waals surface area contributed by atoms with Gasteiger partial charge in [-0.1, -0.05) is 20.8 Å². The van der Waals surface area contributed by atoms with Crippen molar-refractivity contribution < 1.29 is 4.74 Å². The first-order valence-corrected chi connectivity index (χ1v) is 8.00. The maximum absolute atomic E-state index is 5.64. The average Bonchev–Trinajstić information content (AvgIpc) is 2.37. The van der Waals surface area contributed by atoms with Gasteiger partial charge in [-0.05, 0) is 52.1 Å². The van der Waals surface area contributed by atoms with Gasteiger partial charge >= 0.3 is 0 Å². The van der Waals surface area contributed by atoms with Gasteiger partial charge < -0.3 is 15.0 Å². The van der Waals surface area contributed by atoms with E-state index in [4.69, 9.17) is 4.74 Å². The lowest BCUT2D eigenvalue weighted by molar-refractivity contribution is 0.0527. The van der Waals surface area contributed by atoms with Crippen molar-refractivity contribution in [2.45, 2.75) is 60.0 Å². The molecule has 0 aromatic rings. The molecule has 19 heavy (non-hydrogen) atoms. The lowest BCUT2D eigenvalue weighted by Crippen LogP contribution is -2.43. The van der Waals surface area contributed by atoms with Gasteiger partial charge in [-0.15, -0.1) is 0 Å². The van der Waals surface area contributed by atoms with E-state index < -0.39 is 0 Å². The van der Waals surface area contributed by atoms with Crippen LogP contribution in [0.4, 0.5) is 0 Å². The number of likely N-dealkylation sites (N-methyl/N-ethyl adjacent to an activating group) is 1. The largest absolute Gasteiger partial charge is 0.377 e. The topological polar surface area (TPSA) is 24.5 Å². The summed E-state index contributed by atoms with van der Waals surface area (Å²) < 4.78 is 5.64. The van der Waals surface area contributed by atoms with E-state index in [-0.39, 0.29) is 0 Å². The van der Waals surface area contributed by atoms with Crippen LogP contribution in [0, 0.1) is 5.41 Å². The number of ether oxygens (including phenoxy) is 1. The fraction of sp³-hybridized carbons (Fsp3) is 1.00. The van der Waals surface area contributed by atoms with Crippen LogP contribution >= 0.6 is 0 Å². The van der Waals surface area contributed by atoms with Crippen LogP contribution in [0.5, 0.6) is 0 Å². The quantitative estimate of drug-likeness (QED) is 0.552. The monoisotopic (exact) mass is 272 g/mol. The minimum absolute atomic E-state index is 0.335. The second kappa shape index (κ2) is 10.6. The third-order valence-electron chi connectivity index (χ3n) is 3.96. The van der Waals surface area contributed by atoms with Gasteiger partial charge in [0.25, 0.3) is 0 Å². The van der Waals surface area contributed by atoms with Gasteiger partial charge in [0.1, 0.15) is 0 Å². The smallest absolute Gasteiger partial charge is 0.0596 e. The summed E-state index contributed by atoms with van der Waals surface area (Å²) in [6.07, 6.45) is 4.01. The van der Waals surface area contributed by atoms with Crippen molar-refractivity contribution in [1.29, 1.82) is 0 Å². The first-order chi connectivity index (χ1) is 8.99. The Hall–Kier alpha value is -0.120. The first-order valence-electron chi connectivity index (χ1n) is 8.00. The van der Waals surface area contributed by atoms with Crippen LogP contribution in [-0.4, -0.2) is 50.8 Å². The molecular weight excluding hydrogens is 236 g/mol. The van der Waals surface area contributed by atoms with Crippen molar-refractivity contribution in [3.05, 3.63) is 0 Å². The summed E-state index contributed by atoms with van der Waals surface area (Å²) in [5, 5.41) is 3.60. The number of rotatable bonds is 12. The van der Waals surface area contributed by atoms with Crippen molar-refractivity contribution in [2.75, 3.05) is 39.8 Å². The Labute approximate surface area is 121 Å². The van der Waals surface area contributed by atoms with Gasteiger partial charge in [0.2, 0.25) is 0 Å². The molecule has 0 aromatic carbocycles. The fourth-order valence-corrected chi connectivity index (χ4v) is 2.41. The molecule has 0 bridgehead atoms. The number of hydrogen-bond donors (Lipinski definition) is 1. The molecule has 116 valence electrons. The Morgan fingerprint density at radius 1 is 1.16 bits per heavy atom. The highest BCUT2D eigenvalue weighted by Crippen LogP contribution is 2.26. The molecule has 0 aromatic heterocycles. The zero-order valence-corrected chi connectivity index (χ0v) is 14.1. The lowest BCUT2D eigenvalue weighted by atomic mass is 9.81. The third kappa shape index (κ3) is 8.61. The zero-order chi connectivity index (χ0) is 14.7. The van der Waals surface area contributed by atoms with Crippen LogP contribution in [0.2, 0.25) is 0 Å². The molecule has 0 unspecified atom stereocenters. The predicted molar refractivity (Wildman–Crippen MR) is 84.8 cm³/mol. The minimum atomic E-state index is 0.335. The molecule has 0 saturated heterocycles. The van der Waals surface area contributed by atoms with E-state index >= 15 is 0 Å². The molecule has 3 heteroatoms. The standard InChI is InChI=1S/C16H36N2O/c1-7-10-17-13-16(8-2,9-3)14-18(6)11-12-19-15(4)5/h15,17H,7-14H2,1-6H3. The van der Waals surface area contributed by atoms with E-state index in [1.807, 2.05) is 0 Å². The summed E-state index contributed by atoms with van der Waals surface area (Å²) in [6, 6.07) is 0. The second-order valence-electron chi connectivity index (χ2n) is 6.04. The van der Waals surface area contributed by atoms with Crippen LogP contribution in [0.15, 0.2) is 0 Å². The maximum Gasteiger partial charge on any atom is 0.0596 e.